The largest absolute Gasteiger partial charge is 0.395 e. The van der Waals surface area contributed by atoms with Gasteiger partial charge in [0.1, 0.15) is 23.4 Å². The van der Waals surface area contributed by atoms with Crippen LogP contribution in [0.15, 0.2) is 34.3 Å². The van der Waals surface area contributed by atoms with Crippen molar-refractivity contribution in [2.45, 2.75) is 6.29 Å². The van der Waals surface area contributed by atoms with Gasteiger partial charge < -0.3 is 5.11 Å². The van der Waals surface area contributed by atoms with E-state index in [4.69, 9.17) is 10.8 Å². The molecule has 10 heteroatoms. The van der Waals surface area contributed by atoms with Crippen LogP contribution in [-0.4, -0.2) is 80.3 Å². The summed E-state index contributed by atoms with van der Waals surface area (Å²) in [6, 6.07) is 0. The predicted octanol–water partition coefficient (Wildman–Crippen LogP) is -1.53. The number of rotatable bonds is 3. The molecule has 4 rings (SSSR count). The molecule has 3 aliphatic heterocycles. The molecule has 1 atom stereocenters. The highest BCUT2D eigenvalue weighted by atomic mass is 16.3. The highest BCUT2D eigenvalue weighted by Crippen LogP contribution is 2.36. The average Bonchev–Trinajstić information content (AvgIpc) is 3.09. The van der Waals surface area contributed by atoms with Gasteiger partial charge in [-0.15, -0.1) is 0 Å². The first kappa shape index (κ1) is 14.2. The smallest absolute Gasteiger partial charge is 0.196 e. The van der Waals surface area contributed by atoms with E-state index in [0.717, 1.165) is 5.70 Å². The molecule has 10 nitrogen and oxygen atoms in total. The molecule has 1 aromatic heterocycles. The van der Waals surface area contributed by atoms with Crippen LogP contribution >= 0.6 is 0 Å². The number of β-amino-alcohol motifs (C(OH)–C–C–N with tert-alkyl or cyclic N) is 1. The van der Waals surface area contributed by atoms with E-state index < -0.39 is 0 Å². The van der Waals surface area contributed by atoms with Crippen molar-refractivity contribution in [1.82, 2.24) is 29.9 Å². The number of fused-ring (bicyclic) bond motifs is 3. The number of nitrogens with two attached hydrogens (primary N) is 1. The van der Waals surface area contributed by atoms with E-state index in [0.29, 0.717) is 30.4 Å². The Kier molecular flexibility index (Phi) is 3.31. The van der Waals surface area contributed by atoms with Crippen LogP contribution < -0.4 is 5.84 Å². The van der Waals surface area contributed by atoms with Crippen molar-refractivity contribution >= 4 is 17.9 Å². The van der Waals surface area contributed by atoms with E-state index in [-0.39, 0.29) is 12.9 Å². The second kappa shape index (κ2) is 5.35. The second-order valence-electron chi connectivity index (χ2n) is 5.42. The lowest BCUT2D eigenvalue weighted by molar-refractivity contribution is 0.0763. The number of aliphatic imine (C=N–C) groups is 2. The molecule has 0 bridgehead atoms. The van der Waals surface area contributed by atoms with Gasteiger partial charge in [0.2, 0.25) is 0 Å². The molecular formula is C13H17N9O. The minimum Gasteiger partial charge on any atom is -0.395 e. The fourth-order valence-electron chi connectivity index (χ4n) is 2.99. The molecule has 1 aromatic rings. The standard InChI is InChI=1S/C13H17N9O/c1-19-8-20(4-5-23)13-18-12-11(22(13)19)10(17-7-21(12)14)9-6-15-2-3-16-9/h2-3,6-7,13,23H,4-5,8,14H2,1H3. The van der Waals surface area contributed by atoms with Crippen LogP contribution in [-0.2, 0) is 0 Å². The van der Waals surface area contributed by atoms with E-state index >= 15 is 0 Å². The maximum absolute atomic E-state index is 9.26. The van der Waals surface area contributed by atoms with Gasteiger partial charge >= 0.3 is 0 Å². The Balaban J connectivity index is 1.82. The van der Waals surface area contributed by atoms with Crippen LogP contribution in [0.4, 0.5) is 0 Å². The zero-order valence-electron chi connectivity index (χ0n) is 12.6. The Morgan fingerprint density at radius 2 is 2.26 bits per heavy atom. The molecule has 0 spiro atoms. The zero-order valence-corrected chi connectivity index (χ0v) is 12.6. The molecule has 0 radical (unpaired) electrons. The monoisotopic (exact) mass is 315 g/mol. The lowest BCUT2D eigenvalue weighted by Crippen LogP contribution is -2.43. The van der Waals surface area contributed by atoms with Crippen molar-refractivity contribution in [2.75, 3.05) is 26.9 Å². The van der Waals surface area contributed by atoms with Crippen LogP contribution in [0.3, 0.4) is 0 Å². The van der Waals surface area contributed by atoms with Crippen molar-refractivity contribution in [3.63, 3.8) is 0 Å². The summed E-state index contributed by atoms with van der Waals surface area (Å²) in [4.78, 5) is 19.6. The summed E-state index contributed by atoms with van der Waals surface area (Å²) in [7, 11) is 1.96. The lowest BCUT2D eigenvalue weighted by Gasteiger charge is -2.29. The number of hydrogen-bond donors (Lipinski definition) is 2. The number of amidine groups is 1. The fraction of sp³-hybridized carbons (Fsp3) is 0.385. The maximum Gasteiger partial charge on any atom is 0.196 e. The molecule has 0 amide bonds. The van der Waals surface area contributed by atoms with E-state index in [1.165, 1.54) is 11.3 Å². The minimum atomic E-state index is -0.239. The van der Waals surface area contributed by atoms with Crippen LogP contribution in [0.2, 0.25) is 0 Å². The third-order valence-corrected chi connectivity index (χ3v) is 3.95. The molecule has 4 heterocycles. The van der Waals surface area contributed by atoms with Gasteiger partial charge in [-0.3, -0.25) is 15.0 Å². The Morgan fingerprint density at radius 1 is 1.39 bits per heavy atom. The van der Waals surface area contributed by atoms with E-state index in [2.05, 4.69) is 19.9 Å². The first-order valence-electron chi connectivity index (χ1n) is 7.23. The summed E-state index contributed by atoms with van der Waals surface area (Å²) in [6.07, 6.45) is 6.19. The Morgan fingerprint density at radius 3 is 3.00 bits per heavy atom. The molecule has 0 aromatic carbocycles. The third kappa shape index (κ3) is 2.11. The molecule has 1 unspecified atom stereocenters. The molecular weight excluding hydrogens is 298 g/mol. The summed E-state index contributed by atoms with van der Waals surface area (Å²) in [5.41, 5.74) is 2.14. The maximum atomic E-state index is 9.26. The molecule has 0 aliphatic carbocycles. The van der Waals surface area contributed by atoms with Crippen molar-refractivity contribution < 1.29 is 5.11 Å². The number of aliphatic hydroxyl groups excluding tert-OH is 1. The second-order valence-corrected chi connectivity index (χ2v) is 5.42. The van der Waals surface area contributed by atoms with Gasteiger partial charge in [-0.25, -0.2) is 30.7 Å². The predicted molar refractivity (Wildman–Crippen MR) is 83.0 cm³/mol. The van der Waals surface area contributed by atoms with Crippen molar-refractivity contribution in [3.8, 4) is 0 Å². The van der Waals surface area contributed by atoms with Gasteiger partial charge in [-0.05, 0) is 0 Å². The van der Waals surface area contributed by atoms with Crippen molar-refractivity contribution in [3.05, 3.63) is 30.0 Å². The first-order chi connectivity index (χ1) is 11.2. The van der Waals surface area contributed by atoms with Gasteiger partial charge in [-0.1, -0.05) is 0 Å². The zero-order chi connectivity index (χ0) is 16.0. The van der Waals surface area contributed by atoms with Crippen LogP contribution in [0, 0.1) is 0 Å². The molecule has 23 heavy (non-hydrogen) atoms. The highest BCUT2D eigenvalue weighted by Gasteiger charge is 2.46. The summed E-state index contributed by atoms with van der Waals surface area (Å²) in [5, 5.41) is 14.7. The Labute approximate surface area is 132 Å². The number of hydrogen-bond acceptors (Lipinski definition) is 10. The number of nitrogens with zero attached hydrogens (tertiary/aromatic N) is 8. The lowest BCUT2D eigenvalue weighted by atomic mass is 10.2. The topological polar surface area (TPSA) is 110 Å². The Hall–Kier alpha value is -2.40. The SMILES string of the molecule is CN1CN(CCO)C2N=C3C(=C(c4cnccn4)N=CN3N)N21. The number of aromatic nitrogens is 2. The van der Waals surface area contributed by atoms with E-state index in [9.17, 15) is 5.11 Å². The van der Waals surface area contributed by atoms with E-state index in [1.54, 1.807) is 18.6 Å². The normalized spacial score (nSPS) is 24.3. The molecule has 3 aliphatic rings. The summed E-state index contributed by atoms with van der Waals surface area (Å²) >= 11 is 0. The van der Waals surface area contributed by atoms with Gasteiger partial charge in [0, 0.05) is 26.0 Å². The first-order valence-corrected chi connectivity index (χ1v) is 7.23. The van der Waals surface area contributed by atoms with Gasteiger partial charge in [0.25, 0.3) is 0 Å². The van der Waals surface area contributed by atoms with Gasteiger partial charge in [0.05, 0.1) is 19.5 Å². The van der Waals surface area contributed by atoms with Crippen LogP contribution in [0.25, 0.3) is 5.70 Å². The third-order valence-electron chi connectivity index (χ3n) is 3.95. The quantitative estimate of drug-likeness (QED) is 0.647. The molecule has 1 fully saturated rings. The minimum absolute atomic E-state index is 0.0714. The van der Waals surface area contributed by atoms with Crippen molar-refractivity contribution in [2.24, 2.45) is 15.8 Å². The fourth-order valence-corrected chi connectivity index (χ4v) is 2.99. The summed E-state index contributed by atoms with van der Waals surface area (Å²) in [6.45, 7) is 1.26. The molecule has 3 N–H and O–H groups in total. The molecule has 120 valence electrons. The van der Waals surface area contributed by atoms with Crippen LogP contribution in [0.1, 0.15) is 5.69 Å². The highest BCUT2D eigenvalue weighted by molar-refractivity contribution is 6.12. The average molecular weight is 315 g/mol. The van der Waals surface area contributed by atoms with E-state index in [1.807, 2.05) is 17.1 Å². The summed E-state index contributed by atoms with van der Waals surface area (Å²) < 4.78 is 0. The van der Waals surface area contributed by atoms with Gasteiger partial charge in [-0.2, -0.15) is 0 Å². The van der Waals surface area contributed by atoms with Crippen molar-refractivity contribution in [1.29, 1.82) is 0 Å². The number of aliphatic hydroxyl groups is 1. The molecule has 1 saturated heterocycles. The Bertz CT molecular complexity index is 701. The molecule has 0 saturated carbocycles. The van der Waals surface area contributed by atoms with Gasteiger partial charge in [0.15, 0.2) is 12.1 Å². The summed E-state index contributed by atoms with van der Waals surface area (Å²) in [5.74, 6) is 6.62. The van der Waals surface area contributed by atoms with Crippen LogP contribution in [0.5, 0.6) is 0 Å². The number of hydrazine groups is 2.